The number of aliphatic hydroxyl groups excluding tert-OH is 1. The van der Waals surface area contributed by atoms with Gasteiger partial charge in [0.1, 0.15) is 0 Å². The van der Waals surface area contributed by atoms with Gasteiger partial charge >= 0.3 is 0 Å². The van der Waals surface area contributed by atoms with E-state index < -0.39 is 0 Å². The van der Waals surface area contributed by atoms with Crippen molar-refractivity contribution in [2.45, 2.75) is 33.3 Å². The van der Waals surface area contributed by atoms with Gasteiger partial charge in [0.05, 0.1) is 6.10 Å². The number of hydrogen-bond donors (Lipinski definition) is 1. The maximum atomic E-state index is 10.0. The molecule has 0 radical (unpaired) electrons. The fourth-order valence-corrected chi connectivity index (χ4v) is 2.31. The van der Waals surface area contributed by atoms with Crippen molar-refractivity contribution in [1.82, 2.24) is 0 Å². The van der Waals surface area contributed by atoms with Crippen LogP contribution in [0.3, 0.4) is 0 Å². The van der Waals surface area contributed by atoms with E-state index in [9.17, 15) is 5.11 Å². The predicted octanol–water partition coefficient (Wildman–Crippen LogP) is 3.48. The maximum absolute atomic E-state index is 10.0. The van der Waals surface area contributed by atoms with Gasteiger partial charge in [-0.3, -0.25) is 0 Å². The van der Waals surface area contributed by atoms with Crippen molar-refractivity contribution in [3.8, 4) is 0 Å². The summed E-state index contributed by atoms with van der Waals surface area (Å²) in [6.45, 7) is 6.32. The molecule has 0 saturated carbocycles. The monoisotopic (exact) mass is 224 g/mol. The van der Waals surface area contributed by atoms with Crippen LogP contribution >= 0.6 is 11.8 Å². The first-order chi connectivity index (χ1) is 7.16. The van der Waals surface area contributed by atoms with Crippen molar-refractivity contribution in [2.75, 3.05) is 11.5 Å². The number of rotatable bonds is 5. The Morgan fingerprint density at radius 1 is 1.33 bits per heavy atom. The molecule has 0 aliphatic carbocycles. The van der Waals surface area contributed by atoms with Gasteiger partial charge in [-0.2, -0.15) is 11.8 Å². The summed E-state index contributed by atoms with van der Waals surface area (Å²) < 4.78 is 0. The maximum Gasteiger partial charge on any atom is 0.0800 e. The minimum Gasteiger partial charge on any atom is -0.388 e. The zero-order chi connectivity index (χ0) is 11.3. The lowest BCUT2D eigenvalue weighted by molar-refractivity contribution is 0.174. The van der Waals surface area contributed by atoms with E-state index >= 15 is 0 Å². The topological polar surface area (TPSA) is 20.2 Å². The summed E-state index contributed by atoms with van der Waals surface area (Å²) >= 11 is 1.88. The molecule has 0 aromatic heterocycles. The quantitative estimate of drug-likeness (QED) is 0.773. The minimum absolute atomic E-state index is 0.302. The minimum atomic E-state index is -0.302. The third kappa shape index (κ3) is 3.54. The molecule has 1 unspecified atom stereocenters. The first kappa shape index (κ1) is 12.6. The molecule has 0 amide bonds. The van der Waals surface area contributed by atoms with E-state index in [1.807, 2.05) is 23.9 Å². The molecule has 84 valence electrons. The summed E-state index contributed by atoms with van der Waals surface area (Å²) in [7, 11) is 0. The zero-order valence-corrected chi connectivity index (χ0v) is 10.6. The van der Waals surface area contributed by atoms with E-state index in [0.29, 0.717) is 0 Å². The Kier molecular flexibility index (Phi) is 5.20. The molecule has 0 bridgehead atoms. The van der Waals surface area contributed by atoms with Crippen LogP contribution in [0.4, 0.5) is 0 Å². The molecule has 15 heavy (non-hydrogen) atoms. The van der Waals surface area contributed by atoms with Crippen LogP contribution in [0.2, 0.25) is 0 Å². The van der Waals surface area contributed by atoms with Gasteiger partial charge in [-0.25, -0.2) is 0 Å². The second-order valence-electron chi connectivity index (χ2n) is 3.79. The fraction of sp³-hybridized carbons (Fsp3) is 0.538. The van der Waals surface area contributed by atoms with Crippen molar-refractivity contribution in [1.29, 1.82) is 0 Å². The summed E-state index contributed by atoms with van der Waals surface area (Å²) in [5, 5.41) is 10.0. The molecule has 1 atom stereocenters. The van der Waals surface area contributed by atoms with Crippen LogP contribution in [0.5, 0.6) is 0 Å². The Bertz CT molecular complexity index is 309. The molecule has 1 nitrogen and oxygen atoms in total. The molecule has 2 heteroatoms. The number of hydrogen-bond acceptors (Lipinski definition) is 2. The highest BCUT2D eigenvalue weighted by Gasteiger charge is 2.10. The van der Waals surface area contributed by atoms with Crippen molar-refractivity contribution in [3.05, 3.63) is 34.9 Å². The van der Waals surface area contributed by atoms with Gasteiger partial charge in [-0.05, 0) is 48.5 Å². The lowest BCUT2D eigenvalue weighted by Crippen LogP contribution is -2.02. The Morgan fingerprint density at radius 2 is 2.07 bits per heavy atom. The third-order valence-electron chi connectivity index (χ3n) is 2.75. The highest BCUT2D eigenvalue weighted by atomic mass is 32.2. The van der Waals surface area contributed by atoms with Crippen molar-refractivity contribution < 1.29 is 5.11 Å². The first-order valence-corrected chi connectivity index (χ1v) is 6.64. The molecule has 0 spiro atoms. The molecular formula is C13H20OS. The summed E-state index contributed by atoms with van der Waals surface area (Å²) in [4.78, 5) is 0. The molecule has 0 aliphatic rings. The Labute approximate surface area is 96.9 Å². The average Bonchev–Trinajstić information content (AvgIpc) is 2.22. The van der Waals surface area contributed by atoms with E-state index in [4.69, 9.17) is 0 Å². The molecule has 0 fully saturated rings. The second-order valence-corrected chi connectivity index (χ2v) is 5.18. The lowest BCUT2D eigenvalue weighted by atomic mass is 9.98. The van der Waals surface area contributed by atoms with E-state index in [1.54, 1.807) is 0 Å². The molecule has 1 aromatic carbocycles. The van der Waals surface area contributed by atoms with Crippen molar-refractivity contribution >= 4 is 11.8 Å². The van der Waals surface area contributed by atoms with Crippen LogP contribution in [-0.2, 0) is 0 Å². The summed E-state index contributed by atoms with van der Waals surface area (Å²) in [5.74, 6) is 2.16. The van der Waals surface area contributed by atoms with Gasteiger partial charge in [0.15, 0.2) is 0 Å². The SMILES string of the molecule is CCSCCC(O)c1cccc(C)c1C. The number of benzene rings is 1. The van der Waals surface area contributed by atoms with E-state index in [-0.39, 0.29) is 6.10 Å². The van der Waals surface area contributed by atoms with Gasteiger partial charge in [0.25, 0.3) is 0 Å². The first-order valence-electron chi connectivity index (χ1n) is 5.48. The molecule has 0 heterocycles. The van der Waals surface area contributed by atoms with Gasteiger partial charge in [0.2, 0.25) is 0 Å². The van der Waals surface area contributed by atoms with E-state index in [1.165, 1.54) is 11.1 Å². The van der Waals surface area contributed by atoms with Crippen LogP contribution in [-0.4, -0.2) is 16.6 Å². The molecule has 1 rings (SSSR count). The van der Waals surface area contributed by atoms with Gasteiger partial charge < -0.3 is 5.11 Å². The van der Waals surface area contributed by atoms with Crippen LogP contribution in [0.1, 0.15) is 36.1 Å². The highest BCUT2D eigenvalue weighted by molar-refractivity contribution is 7.99. The fourth-order valence-electron chi connectivity index (χ4n) is 1.63. The van der Waals surface area contributed by atoms with Crippen LogP contribution in [0.15, 0.2) is 18.2 Å². The normalized spacial score (nSPS) is 12.8. The highest BCUT2D eigenvalue weighted by Crippen LogP contribution is 2.24. The van der Waals surface area contributed by atoms with Gasteiger partial charge in [-0.1, -0.05) is 25.1 Å². The lowest BCUT2D eigenvalue weighted by Gasteiger charge is -2.14. The molecule has 0 saturated heterocycles. The van der Waals surface area contributed by atoms with Crippen molar-refractivity contribution in [2.24, 2.45) is 0 Å². The smallest absolute Gasteiger partial charge is 0.0800 e. The third-order valence-corrected chi connectivity index (χ3v) is 3.68. The summed E-state index contributed by atoms with van der Waals surface area (Å²) in [6.07, 6.45) is 0.548. The Balaban J connectivity index is 2.65. The Hall–Kier alpha value is -0.470. The number of thioether (sulfide) groups is 1. The van der Waals surface area contributed by atoms with Crippen LogP contribution in [0, 0.1) is 13.8 Å². The van der Waals surface area contributed by atoms with Crippen LogP contribution in [0.25, 0.3) is 0 Å². The molecule has 1 N–H and O–H groups in total. The van der Waals surface area contributed by atoms with Crippen LogP contribution < -0.4 is 0 Å². The van der Waals surface area contributed by atoms with E-state index in [2.05, 4.69) is 26.8 Å². The van der Waals surface area contributed by atoms with Crippen molar-refractivity contribution in [3.63, 3.8) is 0 Å². The predicted molar refractivity (Wildman–Crippen MR) is 68.5 cm³/mol. The summed E-state index contributed by atoms with van der Waals surface area (Å²) in [6, 6.07) is 6.14. The second kappa shape index (κ2) is 6.19. The molecule has 0 aliphatic heterocycles. The Morgan fingerprint density at radius 3 is 2.73 bits per heavy atom. The van der Waals surface area contributed by atoms with Gasteiger partial charge in [-0.15, -0.1) is 0 Å². The van der Waals surface area contributed by atoms with Gasteiger partial charge in [0, 0.05) is 0 Å². The molecular weight excluding hydrogens is 204 g/mol. The number of aryl methyl sites for hydroxylation is 1. The zero-order valence-electron chi connectivity index (χ0n) is 9.79. The summed E-state index contributed by atoms with van der Waals surface area (Å²) in [5.41, 5.74) is 3.58. The molecule has 1 aromatic rings. The standard InChI is InChI=1S/C13H20OS/c1-4-15-9-8-13(14)12-7-5-6-10(2)11(12)3/h5-7,13-14H,4,8-9H2,1-3H3. The van der Waals surface area contributed by atoms with E-state index in [0.717, 1.165) is 23.5 Å². The number of aliphatic hydroxyl groups is 1. The largest absolute Gasteiger partial charge is 0.388 e. The average molecular weight is 224 g/mol.